The molecule has 0 spiro atoms. The fourth-order valence-electron chi connectivity index (χ4n) is 3.40. The van der Waals surface area contributed by atoms with Gasteiger partial charge < -0.3 is 5.32 Å². The molecule has 0 aliphatic heterocycles. The zero-order valence-electron chi connectivity index (χ0n) is 12.4. The number of hydrogen-bond acceptors (Lipinski definition) is 1. The topological polar surface area (TPSA) is 12.0 Å². The van der Waals surface area contributed by atoms with E-state index in [2.05, 4.69) is 59.9 Å². The standard InChI is InChI=1S/C20H16ClN/c1-22-20-18(21)12-16(13-7-3-2-4-8-13)17-11-14-9-5-6-10-15(14)19(17)20/h2-10,12,22H,11H2,1H3. The summed E-state index contributed by atoms with van der Waals surface area (Å²) in [6.07, 6.45) is 0.960. The fraction of sp³-hybridized carbons (Fsp3) is 0.100. The average Bonchev–Trinajstić information content (AvgIpc) is 2.94. The van der Waals surface area contributed by atoms with Gasteiger partial charge in [-0.1, -0.05) is 66.2 Å². The Labute approximate surface area is 135 Å². The van der Waals surface area contributed by atoms with Crippen molar-refractivity contribution < 1.29 is 0 Å². The van der Waals surface area contributed by atoms with E-state index >= 15 is 0 Å². The van der Waals surface area contributed by atoms with E-state index in [9.17, 15) is 0 Å². The molecule has 0 radical (unpaired) electrons. The number of anilines is 1. The molecule has 0 saturated carbocycles. The predicted octanol–water partition coefficient (Wildman–Crippen LogP) is 5.62. The third kappa shape index (κ3) is 1.93. The van der Waals surface area contributed by atoms with Gasteiger partial charge in [0.15, 0.2) is 0 Å². The number of rotatable bonds is 2. The van der Waals surface area contributed by atoms with Crippen molar-refractivity contribution in [3.63, 3.8) is 0 Å². The molecule has 0 aromatic heterocycles. The summed E-state index contributed by atoms with van der Waals surface area (Å²) in [7, 11) is 1.94. The van der Waals surface area contributed by atoms with Gasteiger partial charge in [-0.25, -0.2) is 0 Å². The van der Waals surface area contributed by atoms with Crippen LogP contribution in [0.5, 0.6) is 0 Å². The fourth-order valence-corrected chi connectivity index (χ4v) is 3.70. The maximum absolute atomic E-state index is 6.57. The van der Waals surface area contributed by atoms with Crippen LogP contribution in [0.1, 0.15) is 11.1 Å². The molecule has 0 fully saturated rings. The molecule has 0 saturated heterocycles. The van der Waals surface area contributed by atoms with Crippen molar-refractivity contribution in [1.29, 1.82) is 0 Å². The third-order valence-electron chi connectivity index (χ3n) is 4.38. The van der Waals surface area contributed by atoms with Crippen molar-refractivity contribution in [3.05, 3.63) is 76.8 Å². The Kier molecular flexibility index (Phi) is 3.16. The first-order valence-electron chi connectivity index (χ1n) is 7.46. The molecular formula is C20H16ClN. The molecule has 3 aromatic carbocycles. The van der Waals surface area contributed by atoms with Crippen LogP contribution < -0.4 is 5.32 Å². The second-order valence-electron chi connectivity index (χ2n) is 5.58. The molecule has 0 heterocycles. The molecule has 1 nitrogen and oxygen atoms in total. The van der Waals surface area contributed by atoms with Crippen LogP contribution in [0.25, 0.3) is 22.3 Å². The van der Waals surface area contributed by atoms with Gasteiger partial charge in [-0.3, -0.25) is 0 Å². The van der Waals surface area contributed by atoms with Crippen molar-refractivity contribution in [2.24, 2.45) is 0 Å². The second-order valence-corrected chi connectivity index (χ2v) is 5.99. The number of halogens is 1. The van der Waals surface area contributed by atoms with Crippen molar-refractivity contribution in [1.82, 2.24) is 0 Å². The van der Waals surface area contributed by atoms with Crippen LogP contribution >= 0.6 is 11.6 Å². The quantitative estimate of drug-likeness (QED) is 0.507. The van der Waals surface area contributed by atoms with E-state index in [1.807, 2.05) is 13.1 Å². The lowest BCUT2D eigenvalue weighted by molar-refractivity contribution is 1.26. The number of benzene rings is 3. The molecule has 0 atom stereocenters. The first-order chi connectivity index (χ1) is 10.8. The smallest absolute Gasteiger partial charge is 0.0650 e. The van der Waals surface area contributed by atoms with E-state index in [4.69, 9.17) is 11.6 Å². The van der Waals surface area contributed by atoms with Gasteiger partial charge in [-0.15, -0.1) is 0 Å². The molecule has 1 aliphatic rings. The van der Waals surface area contributed by atoms with Gasteiger partial charge in [0.05, 0.1) is 10.7 Å². The van der Waals surface area contributed by atoms with Crippen molar-refractivity contribution in [3.8, 4) is 22.3 Å². The third-order valence-corrected chi connectivity index (χ3v) is 4.67. The van der Waals surface area contributed by atoms with Crippen LogP contribution in [-0.4, -0.2) is 7.05 Å². The molecule has 3 aromatic rings. The van der Waals surface area contributed by atoms with E-state index in [0.717, 1.165) is 17.1 Å². The maximum atomic E-state index is 6.57. The Hall–Kier alpha value is -2.25. The molecule has 1 N–H and O–H groups in total. The number of nitrogens with one attached hydrogen (secondary N) is 1. The molecule has 0 unspecified atom stereocenters. The minimum Gasteiger partial charge on any atom is -0.386 e. The summed E-state index contributed by atoms with van der Waals surface area (Å²) in [4.78, 5) is 0. The monoisotopic (exact) mass is 305 g/mol. The Bertz CT molecular complexity index is 853. The molecule has 22 heavy (non-hydrogen) atoms. The maximum Gasteiger partial charge on any atom is 0.0650 e. The van der Waals surface area contributed by atoms with Gasteiger partial charge in [-0.2, -0.15) is 0 Å². The van der Waals surface area contributed by atoms with Crippen LogP contribution in [0.15, 0.2) is 60.7 Å². The zero-order chi connectivity index (χ0) is 15.1. The van der Waals surface area contributed by atoms with Gasteiger partial charge in [0.1, 0.15) is 0 Å². The van der Waals surface area contributed by atoms with E-state index in [0.29, 0.717) is 0 Å². The summed E-state index contributed by atoms with van der Waals surface area (Å²) >= 11 is 6.57. The van der Waals surface area contributed by atoms with Gasteiger partial charge >= 0.3 is 0 Å². The van der Waals surface area contributed by atoms with Crippen LogP contribution in [0, 0.1) is 0 Å². The average molecular weight is 306 g/mol. The number of hydrogen-bond donors (Lipinski definition) is 1. The van der Waals surface area contributed by atoms with Crippen molar-refractivity contribution >= 4 is 17.3 Å². The Morgan fingerprint density at radius 1 is 0.909 bits per heavy atom. The second kappa shape index (κ2) is 5.19. The van der Waals surface area contributed by atoms with E-state index in [-0.39, 0.29) is 0 Å². The molecule has 0 amide bonds. The normalized spacial score (nSPS) is 11.9. The molecule has 2 heteroatoms. The van der Waals surface area contributed by atoms with Crippen LogP contribution in [0.4, 0.5) is 5.69 Å². The predicted molar refractivity (Wildman–Crippen MR) is 94.7 cm³/mol. The Balaban J connectivity index is 2.05. The largest absolute Gasteiger partial charge is 0.386 e. The lowest BCUT2D eigenvalue weighted by Crippen LogP contribution is -1.96. The van der Waals surface area contributed by atoms with Crippen molar-refractivity contribution in [2.45, 2.75) is 6.42 Å². The molecule has 0 bridgehead atoms. The Morgan fingerprint density at radius 2 is 1.64 bits per heavy atom. The summed E-state index contributed by atoms with van der Waals surface area (Å²) in [6, 6.07) is 21.2. The minimum atomic E-state index is 0.775. The molecule has 4 rings (SSSR count). The summed E-state index contributed by atoms with van der Waals surface area (Å²) in [5.74, 6) is 0. The van der Waals surface area contributed by atoms with Gasteiger partial charge in [-0.05, 0) is 40.3 Å². The summed E-state index contributed by atoms with van der Waals surface area (Å²) < 4.78 is 0. The van der Waals surface area contributed by atoms with E-state index < -0.39 is 0 Å². The highest BCUT2D eigenvalue weighted by Crippen LogP contribution is 2.48. The summed E-state index contributed by atoms with van der Waals surface area (Å²) in [5.41, 5.74) is 8.76. The van der Waals surface area contributed by atoms with Gasteiger partial charge in [0, 0.05) is 12.6 Å². The first-order valence-corrected chi connectivity index (χ1v) is 7.84. The minimum absolute atomic E-state index is 0.775. The first kappa shape index (κ1) is 13.4. The van der Waals surface area contributed by atoms with Gasteiger partial charge in [0.25, 0.3) is 0 Å². The lowest BCUT2D eigenvalue weighted by Gasteiger charge is -2.16. The summed E-state index contributed by atoms with van der Waals surface area (Å²) in [6.45, 7) is 0. The number of fused-ring (bicyclic) bond motifs is 3. The molecule has 108 valence electrons. The van der Waals surface area contributed by atoms with E-state index in [1.165, 1.54) is 33.4 Å². The SMILES string of the molecule is CNc1c(Cl)cc(-c2ccccc2)c2c1-c1ccccc1C2. The van der Waals surface area contributed by atoms with E-state index in [1.54, 1.807) is 0 Å². The zero-order valence-corrected chi connectivity index (χ0v) is 13.1. The van der Waals surface area contributed by atoms with Crippen molar-refractivity contribution in [2.75, 3.05) is 12.4 Å². The van der Waals surface area contributed by atoms with Crippen LogP contribution in [0.2, 0.25) is 5.02 Å². The molecule has 1 aliphatic carbocycles. The van der Waals surface area contributed by atoms with Crippen LogP contribution in [0.3, 0.4) is 0 Å². The highest BCUT2D eigenvalue weighted by molar-refractivity contribution is 6.34. The Morgan fingerprint density at radius 3 is 2.41 bits per heavy atom. The highest BCUT2D eigenvalue weighted by Gasteiger charge is 2.26. The van der Waals surface area contributed by atoms with Crippen LogP contribution in [-0.2, 0) is 6.42 Å². The summed E-state index contributed by atoms with van der Waals surface area (Å²) in [5, 5.41) is 4.06. The highest BCUT2D eigenvalue weighted by atomic mass is 35.5. The van der Waals surface area contributed by atoms with Gasteiger partial charge in [0.2, 0.25) is 0 Å². The molecular weight excluding hydrogens is 290 g/mol. The lowest BCUT2D eigenvalue weighted by atomic mass is 9.94.